The van der Waals surface area contributed by atoms with Gasteiger partial charge in [-0.2, -0.15) is 5.10 Å². The number of carbonyl (C=O) groups is 2. The Kier molecular flexibility index (Phi) is 12.7. The summed E-state index contributed by atoms with van der Waals surface area (Å²) in [7, 11) is 1.21. The van der Waals surface area contributed by atoms with E-state index in [1.165, 1.54) is 5.56 Å². The van der Waals surface area contributed by atoms with Gasteiger partial charge in [0.1, 0.15) is 0 Å². The number of hydrogen-bond donors (Lipinski definition) is 2. The van der Waals surface area contributed by atoms with E-state index in [0.29, 0.717) is 34.2 Å². The molecule has 278 valence electrons. The number of anilines is 1. The molecule has 1 saturated heterocycles. The lowest BCUT2D eigenvalue weighted by molar-refractivity contribution is 0.0985. The fourth-order valence-electron chi connectivity index (χ4n) is 7.10. The Morgan fingerprint density at radius 1 is 0.778 bits per heavy atom. The van der Waals surface area contributed by atoms with E-state index in [1.54, 1.807) is 16.8 Å². The molecule has 4 heterocycles. The van der Waals surface area contributed by atoms with Gasteiger partial charge in [-0.3, -0.25) is 9.59 Å². The monoisotopic (exact) mass is 784 g/mol. The van der Waals surface area contributed by atoms with Crippen molar-refractivity contribution in [3.05, 3.63) is 134 Å². The first kappa shape index (κ1) is 39.8. The van der Waals surface area contributed by atoms with Gasteiger partial charge >= 0.3 is 14.0 Å². The fourth-order valence-corrected chi connectivity index (χ4v) is 7.66. The van der Waals surface area contributed by atoms with Gasteiger partial charge in [-0.25, -0.2) is 4.68 Å². The standard InChI is InChI=1S/C21H24BClN2O2.C19H16BClN2O3.ClH/c1-24-8-10-25(11-9-24)17-4-5-18(20(23)14-17)21(26)13-15-2-3-16-6-7-22(27)19(16)12-15;1-12-6-7-23(22-12)15-4-5-16(18(21)10-15)19(24)9-13-2-3-14-11-26-20(25)17(14)8-13;/h2-5,12,14,27H,6-11,13H2,1H3;2-8,10,25H,9,11H2,1H3;1H. The van der Waals surface area contributed by atoms with Crippen molar-refractivity contribution in [3.8, 4) is 5.69 Å². The van der Waals surface area contributed by atoms with Gasteiger partial charge in [0.25, 0.3) is 0 Å². The number of aryl methyl sites for hydroxylation is 2. The highest BCUT2D eigenvalue weighted by Gasteiger charge is 2.28. The highest BCUT2D eigenvalue weighted by Crippen LogP contribution is 2.27. The molecular weight excluding hydrogens is 744 g/mol. The van der Waals surface area contributed by atoms with Crippen molar-refractivity contribution in [3.63, 3.8) is 0 Å². The highest BCUT2D eigenvalue weighted by atomic mass is 35.5. The number of nitrogens with zero attached hydrogens (tertiary/aromatic N) is 4. The minimum Gasteiger partial charge on any atom is -0.446 e. The topological polar surface area (TPSA) is 108 Å². The summed E-state index contributed by atoms with van der Waals surface area (Å²) < 4.78 is 6.90. The van der Waals surface area contributed by atoms with Crippen LogP contribution in [0.15, 0.2) is 85.1 Å². The van der Waals surface area contributed by atoms with Crippen LogP contribution in [0.1, 0.15) is 48.7 Å². The van der Waals surface area contributed by atoms with E-state index in [0.717, 1.165) is 83.6 Å². The zero-order valence-corrected chi connectivity index (χ0v) is 32.5. The molecule has 0 radical (unpaired) electrons. The molecule has 0 spiro atoms. The molecule has 0 unspecified atom stereocenters. The van der Waals surface area contributed by atoms with Crippen LogP contribution in [0, 0.1) is 6.92 Å². The van der Waals surface area contributed by atoms with Gasteiger partial charge in [0, 0.05) is 62.0 Å². The molecule has 2 N–H and O–H groups in total. The second-order valence-electron chi connectivity index (χ2n) is 14.0. The molecule has 54 heavy (non-hydrogen) atoms. The van der Waals surface area contributed by atoms with Crippen molar-refractivity contribution >= 4 is 77.8 Å². The summed E-state index contributed by atoms with van der Waals surface area (Å²) in [5.41, 5.74) is 9.40. The van der Waals surface area contributed by atoms with Gasteiger partial charge in [-0.05, 0) is 96.8 Å². The first-order valence-corrected chi connectivity index (χ1v) is 18.6. The first-order valence-electron chi connectivity index (χ1n) is 17.8. The summed E-state index contributed by atoms with van der Waals surface area (Å²) in [5, 5.41) is 25.1. The van der Waals surface area contributed by atoms with Gasteiger partial charge in [-0.15, -0.1) is 12.4 Å². The average Bonchev–Trinajstić information content (AvgIpc) is 3.86. The number of aromatic nitrogens is 2. The number of hydrogen-bond acceptors (Lipinski definition) is 8. The zero-order chi connectivity index (χ0) is 37.2. The Morgan fingerprint density at radius 2 is 1.37 bits per heavy atom. The Hall–Kier alpha value is -3.93. The molecular formula is C40H41B2Cl3N4O5. The van der Waals surface area contributed by atoms with Crippen LogP contribution >= 0.6 is 35.6 Å². The third-order valence-electron chi connectivity index (χ3n) is 10.2. The van der Waals surface area contributed by atoms with E-state index >= 15 is 0 Å². The maximum absolute atomic E-state index is 12.8. The largest absolute Gasteiger partial charge is 0.491 e. The summed E-state index contributed by atoms with van der Waals surface area (Å²) in [6.07, 6.45) is 4.03. The Morgan fingerprint density at radius 3 is 1.98 bits per heavy atom. The van der Waals surface area contributed by atoms with Crippen molar-refractivity contribution in [1.29, 1.82) is 0 Å². The number of benzene rings is 4. The molecule has 0 aliphatic carbocycles. The number of fused-ring (bicyclic) bond motifs is 2. The molecule has 0 saturated carbocycles. The number of rotatable bonds is 8. The maximum atomic E-state index is 12.8. The van der Waals surface area contributed by atoms with Gasteiger partial charge in [0.05, 0.1) is 28.0 Å². The third-order valence-corrected chi connectivity index (χ3v) is 10.8. The lowest BCUT2D eigenvalue weighted by Gasteiger charge is -2.34. The van der Waals surface area contributed by atoms with E-state index in [-0.39, 0.29) is 30.4 Å². The maximum Gasteiger partial charge on any atom is 0.491 e. The number of piperazine rings is 1. The lowest BCUT2D eigenvalue weighted by Crippen LogP contribution is -2.44. The molecule has 1 aromatic heterocycles. The lowest BCUT2D eigenvalue weighted by atomic mass is 9.63. The van der Waals surface area contributed by atoms with Crippen molar-refractivity contribution in [2.24, 2.45) is 0 Å². The molecule has 1 fully saturated rings. The van der Waals surface area contributed by atoms with Crippen LogP contribution in [0.3, 0.4) is 0 Å². The summed E-state index contributed by atoms with van der Waals surface area (Å²) in [6, 6.07) is 24.5. The molecule has 3 aliphatic heterocycles. The van der Waals surface area contributed by atoms with E-state index in [9.17, 15) is 19.6 Å². The minimum absolute atomic E-state index is 0. The number of Topliss-reactive ketones (excluding diaryl/α,β-unsaturated/α-hetero) is 2. The van der Waals surface area contributed by atoms with Crippen LogP contribution in [0.2, 0.25) is 16.4 Å². The van der Waals surface area contributed by atoms with Crippen LogP contribution in [-0.2, 0) is 30.5 Å². The second kappa shape index (κ2) is 17.3. The molecule has 0 amide bonds. The molecule has 3 aliphatic rings. The highest BCUT2D eigenvalue weighted by molar-refractivity contribution is 6.68. The predicted molar refractivity (Wildman–Crippen MR) is 219 cm³/mol. The number of ketones is 2. The van der Waals surface area contributed by atoms with Gasteiger partial charge in [0.15, 0.2) is 11.6 Å². The summed E-state index contributed by atoms with van der Waals surface area (Å²) in [6.45, 7) is 5.90. The molecule has 8 rings (SSSR count). The van der Waals surface area contributed by atoms with Gasteiger partial charge < -0.3 is 24.5 Å². The normalized spacial score (nSPS) is 15.0. The van der Waals surface area contributed by atoms with E-state index < -0.39 is 14.0 Å². The van der Waals surface area contributed by atoms with Gasteiger partial charge in [0.2, 0.25) is 0 Å². The van der Waals surface area contributed by atoms with Gasteiger partial charge in [-0.1, -0.05) is 65.2 Å². The molecule has 4 aromatic carbocycles. The second-order valence-corrected chi connectivity index (χ2v) is 14.8. The number of carbonyl (C=O) groups excluding carboxylic acids is 2. The predicted octanol–water partition coefficient (Wildman–Crippen LogP) is 5.16. The Labute approximate surface area is 332 Å². The number of halogens is 3. The van der Waals surface area contributed by atoms with Crippen molar-refractivity contribution in [2.45, 2.75) is 39.1 Å². The van der Waals surface area contributed by atoms with E-state index in [4.69, 9.17) is 27.9 Å². The Bertz CT molecular complexity index is 2180. The van der Waals surface area contributed by atoms with E-state index in [2.05, 4.69) is 21.9 Å². The molecule has 5 aromatic rings. The molecule has 9 nitrogen and oxygen atoms in total. The quantitative estimate of drug-likeness (QED) is 0.164. The SMILES string of the molecule is CN1CCN(c2ccc(C(=O)Cc3ccc4c(c3)B(O)CC4)c(Cl)c2)CC1.Cc1ccn(-c2ccc(C(=O)Cc3ccc4c(c3)B(O)OC4)c(Cl)c2)n1.Cl. The molecule has 0 atom stereocenters. The van der Waals surface area contributed by atoms with Crippen LogP contribution in [-0.4, -0.2) is 83.6 Å². The van der Waals surface area contributed by atoms with Crippen LogP contribution in [0.5, 0.6) is 0 Å². The minimum atomic E-state index is -0.916. The third kappa shape index (κ3) is 8.95. The first-order chi connectivity index (χ1) is 25.5. The van der Waals surface area contributed by atoms with Crippen molar-refractivity contribution in [1.82, 2.24) is 14.7 Å². The summed E-state index contributed by atoms with van der Waals surface area (Å²) in [5.74, 6) is -0.0658. The van der Waals surface area contributed by atoms with E-state index in [1.807, 2.05) is 79.9 Å². The average molecular weight is 786 g/mol. The summed E-state index contributed by atoms with van der Waals surface area (Å²) in [4.78, 5) is 30.1. The number of likely N-dealkylation sites (N-methyl/N-ethyl adjacent to an activating group) is 1. The smallest absolute Gasteiger partial charge is 0.446 e. The summed E-state index contributed by atoms with van der Waals surface area (Å²) >= 11 is 12.8. The fraction of sp³-hybridized carbons (Fsp3) is 0.275. The molecule has 14 heteroatoms. The Balaban J connectivity index is 0.000000181. The zero-order valence-electron chi connectivity index (χ0n) is 30.2. The van der Waals surface area contributed by atoms with Crippen molar-refractivity contribution in [2.75, 3.05) is 38.1 Å². The van der Waals surface area contributed by atoms with Crippen molar-refractivity contribution < 1.29 is 24.3 Å². The van der Waals surface area contributed by atoms with Crippen LogP contribution < -0.4 is 15.8 Å². The molecule has 0 bridgehead atoms. The van der Waals surface area contributed by atoms with Crippen LogP contribution in [0.4, 0.5) is 5.69 Å². The van der Waals surface area contributed by atoms with Crippen LogP contribution in [0.25, 0.3) is 5.69 Å².